The summed E-state index contributed by atoms with van der Waals surface area (Å²) in [5.74, 6) is 0.601. The molecule has 2 rings (SSSR count). The second kappa shape index (κ2) is 6.50. The lowest BCUT2D eigenvalue weighted by molar-refractivity contribution is -0.0448. The van der Waals surface area contributed by atoms with E-state index in [1.165, 1.54) is 0 Å². The highest BCUT2D eigenvalue weighted by Crippen LogP contribution is 2.17. The fraction of sp³-hybridized carbons (Fsp3) is 0.923. The predicted molar refractivity (Wildman–Crippen MR) is 72.9 cm³/mol. The van der Waals surface area contributed by atoms with Crippen LogP contribution >= 0.6 is 0 Å². The van der Waals surface area contributed by atoms with Crippen molar-refractivity contribution in [1.82, 2.24) is 9.80 Å². The lowest BCUT2D eigenvalue weighted by atomic mass is 9.97. The molecule has 0 spiro atoms. The summed E-state index contributed by atoms with van der Waals surface area (Å²) in [7, 11) is 0. The van der Waals surface area contributed by atoms with E-state index in [0.29, 0.717) is 11.9 Å². The summed E-state index contributed by atoms with van der Waals surface area (Å²) in [5.41, 5.74) is 5.62. The van der Waals surface area contributed by atoms with Crippen LogP contribution in [-0.4, -0.2) is 67.6 Å². The average Bonchev–Trinajstić information content (AvgIpc) is 2.39. The highest BCUT2D eigenvalue weighted by molar-refractivity contribution is 5.79. The normalized spacial score (nSPS) is 31.4. The standard InChI is InChI=1S/C13H26N4O/c1-2-16-6-7-18-12(9-16)10-17-5-3-4-11(8-17)13(14)15/h11-12H,2-10H2,1H3,(H3,14,15). The monoisotopic (exact) mass is 254 g/mol. The average molecular weight is 254 g/mol. The number of amidine groups is 1. The zero-order chi connectivity index (χ0) is 13.0. The van der Waals surface area contributed by atoms with Gasteiger partial charge in [0.2, 0.25) is 0 Å². The van der Waals surface area contributed by atoms with E-state index in [4.69, 9.17) is 15.9 Å². The van der Waals surface area contributed by atoms with Crippen LogP contribution in [0.2, 0.25) is 0 Å². The molecule has 18 heavy (non-hydrogen) atoms. The number of likely N-dealkylation sites (tertiary alicyclic amines) is 1. The molecule has 3 N–H and O–H groups in total. The number of likely N-dealkylation sites (N-methyl/N-ethyl adjacent to an activating group) is 1. The Balaban J connectivity index is 1.79. The van der Waals surface area contributed by atoms with Crippen LogP contribution in [0.4, 0.5) is 0 Å². The first-order chi connectivity index (χ1) is 8.69. The van der Waals surface area contributed by atoms with Crippen molar-refractivity contribution in [2.75, 3.05) is 45.9 Å². The van der Waals surface area contributed by atoms with Crippen LogP contribution in [0, 0.1) is 11.3 Å². The van der Waals surface area contributed by atoms with Crippen molar-refractivity contribution in [2.24, 2.45) is 11.7 Å². The molecule has 2 atom stereocenters. The van der Waals surface area contributed by atoms with Gasteiger partial charge in [-0.1, -0.05) is 6.92 Å². The van der Waals surface area contributed by atoms with Gasteiger partial charge in [-0.25, -0.2) is 0 Å². The predicted octanol–water partition coefficient (Wildman–Crippen LogP) is 0.355. The first-order valence-electron chi connectivity index (χ1n) is 7.09. The number of nitrogens with one attached hydrogen (secondary N) is 1. The lowest BCUT2D eigenvalue weighted by Crippen LogP contribution is -2.50. The van der Waals surface area contributed by atoms with Crippen LogP contribution in [0.5, 0.6) is 0 Å². The number of ether oxygens (including phenoxy) is 1. The minimum absolute atomic E-state index is 0.254. The summed E-state index contributed by atoms with van der Waals surface area (Å²) in [6.07, 6.45) is 2.54. The molecule has 0 aliphatic carbocycles. The first kappa shape index (κ1) is 13.8. The molecule has 2 aliphatic rings. The topological polar surface area (TPSA) is 65.6 Å². The Morgan fingerprint density at radius 1 is 1.33 bits per heavy atom. The van der Waals surface area contributed by atoms with Gasteiger partial charge in [0.05, 0.1) is 18.5 Å². The SMILES string of the molecule is CCN1CCOC(CN2CCCC(C(=N)N)C2)C1. The van der Waals surface area contributed by atoms with Gasteiger partial charge in [0, 0.05) is 32.1 Å². The van der Waals surface area contributed by atoms with Crippen LogP contribution < -0.4 is 5.73 Å². The molecule has 0 bridgehead atoms. The Kier molecular flexibility index (Phi) is 4.97. The number of hydrogen-bond acceptors (Lipinski definition) is 4. The van der Waals surface area contributed by atoms with E-state index in [-0.39, 0.29) is 5.92 Å². The van der Waals surface area contributed by atoms with E-state index in [0.717, 1.165) is 58.7 Å². The quantitative estimate of drug-likeness (QED) is 0.561. The third-order valence-electron chi connectivity index (χ3n) is 4.08. The molecule has 0 saturated carbocycles. The van der Waals surface area contributed by atoms with Crippen molar-refractivity contribution >= 4 is 5.84 Å². The van der Waals surface area contributed by atoms with Crippen LogP contribution in [0.15, 0.2) is 0 Å². The van der Waals surface area contributed by atoms with Gasteiger partial charge < -0.3 is 10.5 Å². The maximum Gasteiger partial charge on any atom is 0.0949 e. The van der Waals surface area contributed by atoms with Crippen LogP contribution in [-0.2, 0) is 4.74 Å². The van der Waals surface area contributed by atoms with Gasteiger partial charge in [0.15, 0.2) is 0 Å². The molecule has 2 unspecified atom stereocenters. The summed E-state index contributed by atoms with van der Waals surface area (Å²) in [5, 5.41) is 7.57. The van der Waals surface area contributed by atoms with Crippen LogP contribution in [0.1, 0.15) is 19.8 Å². The minimum Gasteiger partial charge on any atom is -0.387 e. The summed E-state index contributed by atoms with van der Waals surface area (Å²) in [4.78, 5) is 4.86. The van der Waals surface area contributed by atoms with E-state index in [1.807, 2.05) is 0 Å². The van der Waals surface area contributed by atoms with E-state index < -0.39 is 0 Å². The van der Waals surface area contributed by atoms with Gasteiger partial charge in [0.25, 0.3) is 0 Å². The molecule has 2 heterocycles. The third-order valence-corrected chi connectivity index (χ3v) is 4.08. The Morgan fingerprint density at radius 2 is 2.17 bits per heavy atom. The van der Waals surface area contributed by atoms with Crippen molar-refractivity contribution in [3.8, 4) is 0 Å². The summed E-state index contributed by atoms with van der Waals surface area (Å²) < 4.78 is 5.84. The number of nitrogens with two attached hydrogens (primary N) is 1. The fourth-order valence-electron chi connectivity index (χ4n) is 2.94. The molecule has 2 aliphatic heterocycles. The van der Waals surface area contributed by atoms with Gasteiger partial charge in [-0.3, -0.25) is 15.2 Å². The molecule has 0 amide bonds. The molecule has 2 saturated heterocycles. The van der Waals surface area contributed by atoms with Gasteiger partial charge in [0.1, 0.15) is 0 Å². The van der Waals surface area contributed by atoms with E-state index in [9.17, 15) is 0 Å². The van der Waals surface area contributed by atoms with Crippen molar-refractivity contribution < 1.29 is 4.74 Å². The highest BCUT2D eigenvalue weighted by atomic mass is 16.5. The van der Waals surface area contributed by atoms with Crippen LogP contribution in [0.25, 0.3) is 0 Å². The maximum absolute atomic E-state index is 7.57. The number of piperidine rings is 1. The summed E-state index contributed by atoms with van der Waals surface area (Å²) in [6, 6.07) is 0. The molecule has 2 fully saturated rings. The zero-order valence-corrected chi connectivity index (χ0v) is 11.4. The number of hydrogen-bond donors (Lipinski definition) is 2. The highest BCUT2D eigenvalue weighted by Gasteiger charge is 2.26. The molecule has 5 nitrogen and oxygen atoms in total. The zero-order valence-electron chi connectivity index (χ0n) is 11.4. The molecular formula is C13H26N4O. The number of morpholine rings is 1. The molecule has 5 heteroatoms. The van der Waals surface area contributed by atoms with Crippen molar-refractivity contribution in [3.05, 3.63) is 0 Å². The lowest BCUT2D eigenvalue weighted by Gasteiger charge is -2.38. The van der Waals surface area contributed by atoms with E-state index in [2.05, 4.69) is 16.7 Å². The van der Waals surface area contributed by atoms with Gasteiger partial charge >= 0.3 is 0 Å². The van der Waals surface area contributed by atoms with Crippen molar-refractivity contribution in [3.63, 3.8) is 0 Å². The molecule has 0 aromatic rings. The van der Waals surface area contributed by atoms with Crippen molar-refractivity contribution in [1.29, 1.82) is 5.41 Å². The first-order valence-corrected chi connectivity index (χ1v) is 7.09. The third kappa shape index (κ3) is 3.67. The molecule has 0 aromatic carbocycles. The van der Waals surface area contributed by atoms with Gasteiger partial charge in [-0.15, -0.1) is 0 Å². The molecule has 0 radical (unpaired) electrons. The molecule has 104 valence electrons. The largest absolute Gasteiger partial charge is 0.387 e. The summed E-state index contributed by atoms with van der Waals surface area (Å²) in [6.45, 7) is 9.30. The number of rotatable bonds is 4. The second-order valence-corrected chi connectivity index (χ2v) is 5.44. The minimum atomic E-state index is 0.254. The number of nitrogens with zero attached hydrogens (tertiary/aromatic N) is 2. The Labute approximate surface area is 110 Å². The Hall–Kier alpha value is -0.650. The fourth-order valence-corrected chi connectivity index (χ4v) is 2.94. The smallest absolute Gasteiger partial charge is 0.0949 e. The van der Waals surface area contributed by atoms with E-state index >= 15 is 0 Å². The molecule has 0 aromatic heterocycles. The molecular weight excluding hydrogens is 228 g/mol. The maximum atomic E-state index is 7.57. The summed E-state index contributed by atoms with van der Waals surface area (Å²) >= 11 is 0. The van der Waals surface area contributed by atoms with Crippen molar-refractivity contribution in [2.45, 2.75) is 25.9 Å². The van der Waals surface area contributed by atoms with Gasteiger partial charge in [-0.05, 0) is 25.9 Å². The van der Waals surface area contributed by atoms with E-state index in [1.54, 1.807) is 0 Å². The van der Waals surface area contributed by atoms with Gasteiger partial charge in [-0.2, -0.15) is 0 Å². The van der Waals surface area contributed by atoms with Crippen LogP contribution in [0.3, 0.4) is 0 Å². The Bertz CT molecular complexity index is 284. The Morgan fingerprint density at radius 3 is 2.89 bits per heavy atom. The second-order valence-electron chi connectivity index (χ2n) is 5.44.